The molecule has 29 heavy (non-hydrogen) atoms. The van der Waals surface area contributed by atoms with Crippen LogP contribution in [0.3, 0.4) is 0 Å². The molecule has 7 heteroatoms. The van der Waals surface area contributed by atoms with Gasteiger partial charge in [-0.3, -0.25) is 4.79 Å². The van der Waals surface area contributed by atoms with Crippen LogP contribution in [0.25, 0.3) is 17.4 Å². The van der Waals surface area contributed by atoms with Gasteiger partial charge in [0.1, 0.15) is 11.5 Å². The second kappa shape index (κ2) is 7.81. The van der Waals surface area contributed by atoms with E-state index < -0.39 is 5.97 Å². The number of rotatable bonds is 4. The Morgan fingerprint density at radius 1 is 1.14 bits per heavy atom. The van der Waals surface area contributed by atoms with Crippen LogP contribution < -0.4 is 5.32 Å². The van der Waals surface area contributed by atoms with Gasteiger partial charge in [-0.2, -0.15) is 0 Å². The Hall–Kier alpha value is -3.58. The molecule has 2 N–H and O–H groups in total. The number of benzene rings is 2. The smallest absolute Gasteiger partial charge is 0.336 e. The number of hydrogen-bond donors (Lipinski definition) is 2. The van der Waals surface area contributed by atoms with E-state index in [0.717, 1.165) is 11.3 Å². The van der Waals surface area contributed by atoms with Crippen molar-refractivity contribution in [3.8, 4) is 11.3 Å². The van der Waals surface area contributed by atoms with Gasteiger partial charge < -0.3 is 14.8 Å². The third-order valence-corrected chi connectivity index (χ3v) is 5.12. The van der Waals surface area contributed by atoms with Crippen molar-refractivity contribution in [2.75, 3.05) is 0 Å². The van der Waals surface area contributed by atoms with E-state index in [4.69, 9.17) is 4.42 Å². The van der Waals surface area contributed by atoms with Crippen molar-refractivity contribution in [1.82, 2.24) is 5.32 Å². The van der Waals surface area contributed by atoms with Crippen LogP contribution >= 0.6 is 11.8 Å². The lowest BCUT2D eigenvalue weighted by Gasteiger charge is -2.02. The number of amidine groups is 1. The summed E-state index contributed by atoms with van der Waals surface area (Å²) in [4.78, 5) is 28.6. The number of nitrogens with zero attached hydrogens (tertiary/aromatic N) is 1. The highest BCUT2D eigenvalue weighted by Crippen LogP contribution is 2.31. The van der Waals surface area contributed by atoms with Crippen LogP contribution in [0.1, 0.15) is 21.7 Å². The first-order chi connectivity index (χ1) is 14.0. The minimum atomic E-state index is -1.03. The Morgan fingerprint density at radius 2 is 1.97 bits per heavy atom. The zero-order chi connectivity index (χ0) is 20.4. The minimum Gasteiger partial charge on any atom is -0.478 e. The van der Waals surface area contributed by atoms with E-state index in [1.807, 2.05) is 31.2 Å². The Balaban J connectivity index is 1.58. The summed E-state index contributed by atoms with van der Waals surface area (Å²) in [5.41, 5.74) is 2.48. The molecule has 1 fully saturated rings. The Bertz CT molecular complexity index is 1180. The highest BCUT2D eigenvalue weighted by atomic mass is 32.2. The van der Waals surface area contributed by atoms with Crippen molar-refractivity contribution in [1.29, 1.82) is 0 Å². The average Bonchev–Trinajstić information content (AvgIpc) is 3.29. The maximum absolute atomic E-state index is 12.3. The van der Waals surface area contributed by atoms with E-state index in [9.17, 15) is 14.7 Å². The zero-order valence-corrected chi connectivity index (χ0v) is 16.2. The van der Waals surface area contributed by atoms with Crippen molar-refractivity contribution < 1.29 is 19.1 Å². The first kappa shape index (κ1) is 18.8. The number of aromatic carboxylic acids is 1. The molecule has 4 rings (SSSR count). The lowest BCUT2D eigenvalue weighted by atomic mass is 10.1. The number of carboxylic acid groups (broad SMARTS) is 1. The van der Waals surface area contributed by atoms with E-state index in [1.165, 1.54) is 17.8 Å². The number of nitrogens with one attached hydrogen (secondary N) is 1. The van der Waals surface area contributed by atoms with Gasteiger partial charge in [-0.1, -0.05) is 30.3 Å². The molecule has 0 saturated carbocycles. The fourth-order valence-electron chi connectivity index (χ4n) is 2.88. The molecule has 3 aromatic rings. The third-order valence-electron chi connectivity index (χ3n) is 4.21. The second-order valence-electron chi connectivity index (χ2n) is 6.37. The summed E-state index contributed by atoms with van der Waals surface area (Å²) in [6.45, 7) is 1.98. The fraction of sp³-hybridized carbons (Fsp3) is 0.0455. The SMILES string of the molecule is Cc1cccc(N=C2NC(=O)/C(=C/c3ccc(-c4ccccc4C(=O)O)o3)S2)c1. The predicted molar refractivity (Wildman–Crippen MR) is 113 cm³/mol. The molecular weight excluding hydrogens is 388 g/mol. The van der Waals surface area contributed by atoms with Crippen LogP contribution in [0.4, 0.5) is 5.69 Å². The molecule has 0 radical (unpaired) electrons. The number of carbonyl (C=O) groups excluding carboxylic acids is 1. The number of carbonyl (C=O) groups is 2. The average molecular weight is 404 g/mol. The van der Waals surface area contributed by atoms with Gasteiger partial charge in [0.15, 0.2) is 5.17 Å². The number of aryl methyl sites for hydroxylation is 1. The first-order valence-electron chi connectivity index (χ1n) is 8.78. The molecule has 0 aliphatic carbocycles. The predicted octanol–water partition coefficient (Wildman–Crippen LogP) is 4.84. The van der Waals surface area contributed by atoms with Crippen molar-refractivity contribution in [2.45, 2.75) is 6.92 Å². The Kier molecular flexibility index (Phi) is 5.05. The molecule has 1 aromatic heterocycles. The van der Waals surface area contributed by atoms with Crippen LogP contribution in [-0.4, -0.2) is 22.2 Å². The van der Waals surface area contributed by atoms with E-state index >= 15 is 0 Å². The standard InChI is InChI=1S/C22H16N2O4S/c1-13-5-4-6-14(11-13)23-22-24-20(25)19(29-22)12-15-9-10-18(28-15)16-7-2-3-8-17(16)21(26)27/h2-12H,1H3,(H,26,27)(H,23,24,25)/b19-12-. The highest BCUT2D eigenvalue weighted by molar-refractivity contribution is 8.18. The van der Waals surface area contributed by atoms with Gasteiger partial charge in [-0.25, -0.2) is 9.79 Å². The fourth-order valence-corrected chi connectivity index (χ4v) is 3.71. The molecule has 1 saturated heterocycles. The van der Waals surface area contributed by atoms with Crippen molar-refractivity contribution >= 4 is 40.6 Å². The van der Waals surface area contributed by atoms with Gasteiger partial charge in [0.05, 0.1) is 16.2 Å². The topological polar surface area (TPSA) is 91.9 Å². The molecule has 1 aliphatic rings. The number of aliphatic imine (C=N–C) groups is 1. The van der Waals surface area contributed by atoms with Crippen LogP contribution in [0.2, 0.25) is 0 Å². The van der Waals surface area contributed by atoms with E-state index in [1.54, 1.807) is 36.4 Å². The van der Waals surface area contributed by atoms with Crippen molar-refractivity contribution in [3.63, 3.8) is 0 Å². The molecular formula is C22H16N2O4S. The molecule has 2 aromatic carbocycles. The summed E-state index contributed by atoms with van der Waals surface area (Å²) >= 11 is 1.22. The Morgan fingerprint density at radius 3 is 2.76 bits per heavy atom. The van der Waals surface area contributed by atoms with Crippen LogP contribution in [0.5, 0.6) is 0 Å². The number of thioether (sulfide) groups is 1. The highest BCUT2D eigenvalue weighted by Gasteiger charge is 2.24. The van der Waals surface area contributed by atoms with Gasteiger partial charge in [0.25, 0.3) is 5.91 Å². The maximum Gasteiger partial charge on any atom is 0.336 e. The molecule has 1 aliphatic heterocycles. The number of amides is 1. The van der Waals surface area contributed by atoms with E-state index in [2.05, 4.69) is 10.3 Å². The molecule has 2 heterocycles. The van der Waals surface area contributed by atoms with Gasteiger partial charge in [0, 0.05) is 11.6 Å². The van der Waals surface area contributed by atoms with Gasteiger partial charge in [-0.15, -0.1) is 0 Å². The van der Waals surface area contributed by atoms with Gasteiger partial charge >= 0.3 is 5.97 Å². The minimum absolute atomic E-state index is 0.154. The monoisotopic (exact) mass is 404 g/mol. The number of hydrogen-bond acceptors (Lipinski definition) is 5. The molecule has 144 valence electrons. The van der Waals surface area contributed by atoms with Crippen molar-refractivity contribution in [2.24, 2.45) is 4.99 Å². The van der Waals surface area contributed by atoms with Gasteiger partial charge in [0.2, 0.25) is 0 Å². The third kappa shape index (κ3) is 4.14. The molecule has 6 nitrogen and oxygen atoms in total. The summed E-state index contributed by atoms with van der Waals surface area (Å²) in [5.74, 6) is -0.411. The molecule has 0 spiro atoms. The summed E-state index contributed by atoms with van der Waals surface area (Å²) < 4.78 is 5.77. The first-order valence-corrected chi connectivity index (χ1v) is 9.60. The summed E-state index contributed by atoms with van der Waals surface area (Å²) in [5, 5.41) is 12.6. The number of carboxylic acids is 1. The Labute approximate surface area is 171 Å². The zero-order valence-electron chi connectivity index (χ0n) is 15.4. The van der Waals surface area contributed by atoms with Crippen LogP contribution in [0, 0.1) is 6.92 Å². The normalized spacial score (nSPS) is 16.4. The summed E-state index contributed by atoms with van der Waals surface area (Å²) in [6.07, 6.45) is 1.62. The summed E-state index contributed by atoms with van der Waals surface area (Å²) in [7, 11) is 0. The quantitative estimate of drug-likeness (QED) is 0.607. The lowest BCUT2D eigenvalue weighted by molar-refractivity contribution is -0.115. The molecule has 1 amide bonds. The van der Waals surface area contributed by atoms with E-state index in [0.29, 0.717) is 27.2 Å². The molecule has 0 bridgehead atoms. The van der Waals surface area contributed by atoms with Crippen molar-refractivity contribution in [3.05, 3.63) is 82.5 Å². The molecule has 0 atom stereocenters. The van der Waals surface area contributed by atoms with Crippen LogP contribution in [-0.2, 0) is 4.79 Å². The largest absolute Gasteiger partial charge is 0.478 e. The second-order valence-corrected chi connectivity index (χ2v) is 7.40. The van der Waals surface area contributed by atoms with E-state index in [-0.39, 0.29) is 11.5 Å². The van der Waals surface area contributed by atoms with Crippen LogP contribution in [0.15, 0.2) is 75.0 Å². The molecule has 0 unspecified atom stereocenters. The summed E-state index contributed by atoms with van der Waals surface area (Å²) in [6, 6.07) is 17.7. The lowest BCUT2D eigenvalue weighted by Crippen LogP contribution is -2.19. The van der Waals surface area contributed by atoms with Gasteiger partial charge in [-0.05, 0) is 54.6 Å². The maximum atomic E-state index is 12.3. The number of furan rings is 1.